The first-order chi connectivity index (χ1) is 10.1. The maximum absolute atomic E-state index is 12.8. The van der Waals surface area contributed by atoms with Crippen LogP contribution in [0.1, 0.15) is 44.6 Å². The second-order valence-electron chi connectivity index (χ2n) is 6.34. The number of urea groups is 1. The van der Waals surface area contributed by atoms with E-state index in [1.54, 1.807) is 6.92 Å². The van der Waals surface area contributed by atoms with Crippen LogP contribution in [0.15, 0.2) is 30.3 Å². The fourth-order valence-corrected chi connectivity index (χ4v) is 3.46. The van der Waals surface area contributed by atoms with Gasteiger partial charge in [-0.05, 0) is 31.2 Å². The number of carbonyl (C=O) groups is 2. The lowest BCUT2D eigenvalue weighted by atomic mass is 9.88. The van der Waals surface area contributed by atoms with Crippen molar-refractivity contribution in [3.05, 3.63) is 35.9 Å². The van der Waals surface area contributed by atoms with Crippen molar-refractivity contribution < 1.29 is 9.59 Å². The second kappa shape index (κ2) is 5.51. The van der Waals surface area contributed by atoms with Gasteiger partial charge in [-0.2, -0.15) is 0 Å². The van der Waals surface area contributed by atoms with Gasteiger partial charge in [-0.25, -0.2) is 4.79 Å². The highest BCUT2D eigenvalue weighted by Crippen LogP contribution is 2.31. The summed E-state index contributed by atoms with van der Waals surface area (Å²) in [5.41, 5.74) is -0.0815. The lowest BCUT2D eigenvalue weighted by molar-refractivity contribution is -0.131. The molecule has 112 valence electrons. The van der Waals surface area contributed by atoms with E-state index in [9.17, 15) is 9.59 Å². The molecule has 4 nitrogen and oxygen atoms in total. The molecule has 1 N–H and O–H groups in total. The Morgan fingerprint density at radius 3 is 2.48 bits per heavy atom. The average molecular weight is 286 g/mol. The summed E-state index contributed by atoms with van der Waals surface area (Å²) in [6.45, 7) is 2.36. The molecule has 4 heteroatoms. The normalized spacial score (nSPS) is 27.0. The van der Waals surface area contributed by atoms with E-state index in [0.717, 1.165) is 18.4 Å². The summed E-state index contributed by atoms with van der Waals surface area (Å²) in [5.74, 6) is 0.343. The maximum Gasteiger partial charge on any atom is 0.325 e. The summed E-state index contributed by atoms with van der Waals surface area (Å²) in [7, 11) is 0. The highest BCUT2D eigenvalue weighted by Gasteiger charge is 2.49. The Morgan fingerprint density at radius 1 is 1.14 bits per heavy atom. The van der Waals surface area contributed by atoms with E-state index < -0.39 is 5.54 Å². The van der Waals surface area contributed by atoms with Gasteiger partial charge in [0.1, 0.15) is 5.54 Å². The topological polar surface area (TPSA) is 49.4 Å². The molecule has 0 unspecified atom stereocenters. The van der Waals surface area contributed by atoms with E-state index in [1.807, 2.05) is 30.3 Å². The van der Waals surface area contributed by atoms with Gasteiger partial charge < -0.3 is 5.32 Å². The quantitative estimate of drug-likeness (QED) is 0.868. The number of hydrogen-bond acceptors (Lipinski definition) is 2. The van der Waals surface area contributed by atoms with Crippen LogP contribution in [0, 0.1) is 5.92 Å². The van der Waals surface area contributed by atoms with Crippen molar-refractivity contribution in [2.45, 2.75) is 44.6 Å². The van der Waals surface area contributed by atoms with Crippen LogP contribution >= 0.6 is 0 Å². The molecule has 1 aromatic carbocycles. The van der Waals surface area contributed by atoms with Gasteiger partial charge in [-0.3, -0.25) is 9.69 Å². The van der Waals surface area contributed by atoms with Gasteiger partial charge >= 0.3 is 6.03 Å². The number of hydrogen-bond donors (Lipinski definition) is 1. The molecule has 1 atom stereocenters. The summed E-state index contributed by atoms with van der Waals surface area (Å²) in [6, 6.07) is 9.23. The molecule has 1 aliphatic heterocycles. The van der Waals surface area contributed by atoms with Crippen LogP contribution in [0.25, 0.3) is 0 Å². The predicted octanol–water partition coefficient (Wildman–Crippen LogP) is 3.03. The van der Waals surface area contributed by atoms with E-state index in [1.165, 1.54) is 24.2 Å². The number of nitrogens with one attached hydrogen (secondary N) is 1. The van der Waals surface area contributed by atoms with Crippen LogP contribution in [-0.4, -0.2) is 23.4 Å². The zero-order valence-electron chi connectivity index (χ0n) is 12.5. The van der Waals surface area contributed by atoms with Crippen LogP contribution in [0.2, 0.25) is 0 Å². The van der Waals surface area contributed by atoms with Gasteiger partial charge in [-0.15, -0.1) is 0 Å². The molecule has 21 heavy (non-hydrogen) atoms. The van der Waals surface area contributed by atoms with E-state index in [2.05, 4.69) is 5.32 Å². The Bertz CT molecular complexity index is 537. The molecule has 1 heterocycles. The molecule has 1 aromatic rings. The molecule has 0 aromatic heterocycles. The van der Waals surface area contributed by atoms with Crippen molar-refractivity contribution >= 4 is 11.9 Å². The second-order valence-corrected chi connectivity index (χ2v) is 6.34. The van der Waals surface area contributed by atoms with E-state index in [-0.39, 0.29) is 11.9 Å². The first-order valence-electron chi connectivity index (χ1n) is 7.81. The largest absolute Gasteiger partial charge is 0.325 e. The fraction of sp³-hybridized carbons (Fsp3) is 0.529. The average Bonchev–Trinajstić information content (AvgIpc) is 2.74. The lowest BCUT2D eigenvalue weighted by Crippen LogP contribution is -2.41. The Balaban J connectivity index is 1.78. The minimum absolute atomic E-state index is 0.121. The van der Waals surface area contributed by atoms with Crippen LogP contribution in [0.5, 0.6) is 0 Å². The maximum atomic E-state index is 12.8. The number of imide groups is 1. The number of nitrogens with zero attached hydrogens (tertiary/aromatic N) is 1. The molecular weight excluding hydrogens is 264 g/mol. The van der Waals surface area contributed by atoms with Gasteiger partial charge in [-0.1, -0.05) is 49.6 Å². The minimum atomic E-state index is -0.924. The molecule has 1 saturated carbocycles. The summed E-state index contributed by atoms with van der Waals surface area (Å²) >= 11 is 0. The lowest BCUT2D eigenvalue weighted by Gasteiger charge is -2.26. The van der Waals surface area contributed by atoms with Crippen molar-refractivity contribution in [2.24, 2.45) is 5.92 Å². The van der Waals surface area contributed by atoms with Crippen LogP contribution in [0.3, 0.4) is 0 Å². The first kappa shape index (κ1) is 14.1. The molecule has 3 amide bonds. The van der Waals surface area contributed by atoms with Gasteiger partial charge in [0, 0.05) is 6.54 Å². The summed E-state index contributed by atoms with van der Waals surface area (Å²) < 4.78 is 0. The third-order valence-corrected chi connectivity index (χ3v) is 4.79. The Kier molecular flexibility index (Phi) is 3.70. The summed E-state index contributed by atoms with van der Waals surface area (Å²) in [5, 5.41) is 2.87. The standard InChI is InChI=1S/C17H22N2O2/c1-17(14-10-6-3-7-11-14)15(20)19(16(21)18-17)12-13-8-4-2-5-9-13/h3,6-7,10-11,13H,2,4-5,8-9,12H2,1H3,(H,18,21)/t17-/m1/s1. The molecule has 1 saturated heterocycles. The fourth-order valence-electron chi connectivity index (χ4n) is 3.46. The molecule has 0 bridgehead atoms. The minimum Gasteiger partial charge on any atom is -0.319 e. The SMILES string of the molecule is C[C@]1(c2ccccc2)NC(=O)N(CC2CCCCC2)C1=O. The molecule has 2 aliphatic rings. The van der Waals surface area contributed by atoms with Gasteiger partial charge in [0.15, 0.2) is 0 Å². The van der Waals surface area contributed by atoms with E-state index in [4.69, 9.17) is 0 Å². The Hall–Kier alpha value is -1.84. The van der Waals surface area contributed by atoms with E-state index in [0.29, 0.717) is 12.5 Å². The molecule has 3 rings (SSSR count). The van der Waals surface area contributed by atoms with Crippen LogP contribution in [0.4, 0.5) is 4.79 Å². The highest BCUT2D eigenvalue weighted by molar-refractivity contribution is 6.07. The van der Waals surface area contributed by atoms with E-state index >= 15 is 0 Å². The summed E-state index contributed by atoms with van der Waals surface area (Å²) in [6.07, 6.45) is 5.95. The number of carbonyl (C=O) groups excluding carboxylic acids is 2. The zero-order valence-corrected chi connectivity index (χ0v) is 12.5. The van der Waals surface area contributed by atoms with Gasteiger partial charge in [0.25, 0.3) is 5.91 Å². The molecule has 1 aliphatic carbocycles. The van der Waals surface area contributed by atoms with Crippen molar-refractivity contribution in [2.75, 3.05) is 6.54 Å². The number of amides is 3. The van der Waals surface area contributed by atoms with Crippen LogP contribution < -0.4 is 5.32 Å². The smallest absolute Gasteiger partial charge is 0.319 e. The third kappa shape index (κ3) is 2.55. The van der Waals surface area contributed by atoms with Crippen molar-refractivity contribution in [3.8, 4) is 0 Å². The van der Waals surface area contributed by atoms with Crippen LogP contribution in [-0.2, 0) is 10.3 Å². The number of rotatable bonds is 3. The molecular formula is C17H22N2O2. The van der Waals surface area contributed by atoms with Gasteiger partial charge in [0.2, 0.25) is 0 Å². The Morgan fingerprint density at radius 2 is 1.81 bits per heavy atom. The Labute approximate surface area is 125 Å². The van der Waals surface area contributed by atoms with Gasteiger partial charge in [0.05, 0.1) is 0 Å². The monoisotopic (exact) mass is 286 g/mol. The number of benzene rings is 1. The highest BCUT2D eigenvalue weighted by atomic mass is 16.2. The summed E-state index contributed by atoms with van der Waals surface area (Å²) in [4.78, 5) is 26.4. The third-order valence-electron chi connectivity index (χ3n) is 4.79. The molecule has 2 fully saturated rings. The zero-order chi connectivity index (χ0) is 14.9. The van der Waals surface area contributed by atoms with Crippen molar-refractivity contribution in [3.63, 3.8) is 0 Å². The molecule has 0 radical (unpaired) electrons. The first-order valence-corrected chi connectivity index (χ1v) is 7.81. The van der Waals surface area contributed by atoms with Crippen molar-refractivity contribution in [1.29, 1.82) is 0 Å². The van der Waals surface area contributed by atoms with Crippen molar-refractivity contribution in [1.82, 2.24) is 10.2 Å². The predicted molar refractivity (Wildman–Crippen MR) is 80.6 cm³/mol. The molecule has 0 spiro atoms.